The van der Waals surface area contributed by atoms with Crippen molar-refractivity contribution in [2.24, 2.45) is 0 Å². The maximum Gasteiger partial charge on any atom is 2.00 e. The molecule has 1 nitrogen and oxygen atoms in total. The van der Waals surface area contributed by atoms with E-state index in [0.717, 1.165) is 0 Å². The summed E-state index contributed by atoms with van der Waals surface area (Å²) in [5, 5.41) is 0. The van der Waals surface area contributed by atoms with Gasteiger partial charge in [0.25, 0.3) is 0 Å². The van der Waals surface area contributed by atoms with Gasteiger partial charge in [0.1, 0.15) is 0 Å². The second kappa shape index (κ2) is 15.8. The average molecular weight is 201 g/mol. The molecule has 0 heterocycles. The van der Waals surface area contributed by atoms with Crippen molar-refractivity contribution in [3.05, 3.63) is 25.0 Å². The van der Waals surface area contributed by atoms with Gasteiger partial charge in [0.15, 0.2) is 0 Å². The third kappa shape index (κ3) is 17.7. The normalized spacial score (nSPS) is 7.22. The van der Waals surface area contributed by atoms with Crippen molar-refractivity contribution in [1.29, 1.82) is 0 Å². The Hall–Kier alpha value is 0.526. The smallest absolute Gasteiger partial charge is 1.00 e. The zero-order chi connectivity index (χ0) is 5.54. The van der Waals surface area contributed by atoms with Gasteiger partial charge in [-0.1, -0.05) is 0 Å². The van der Waals surface area contributed by atoms with Crippen LogP contribution in [0.3, 0.4) is 0 Å². The van der Waals surface area contributed by atoms with Gasteiger partial charge in [-0.3, -0.25) is 6.58 Å². The molecule has 0 aromatic heterocycles. The molecule has 0 saturated carbocycles. The molecule has 9 heavy (non-hydrogen) atoms. The molecule has 0 amide bonds. The molecule has 3 heteroatoms. The minimum Gasteiger partial charge on any atom is -1.00 e. The van der Waals surface area contributed by atoms with Crippen LogP contribution in [-0.2, 0) is 4.74 Å². The standard InChI is InChI=1S/C6H9O.BrH.Mg/c1-3-5-6-7-4-2;;/h1,3,5-6H,4H2,2H3;1H;/q-1;;+2/p-1/b6-5+;;. The van der Waals surface area contributed by atoms with Crippen LogP contribution < -0.4 is 17.0 Å². The molecule has 0 aliphatic carbocycles. The molecule has 0 aliphatic rings. The second-order valence-corrected chi connectivity index (χ2v) is 0.976. The van der Waals surface area contributed by atoms with Gasteiger partial charge in [0.05, 0.1) is 6.61 Å². The van der Waals surface area contributed by atoms with E-state index in [1.165, 1.54) is 6.08 Å². The van der Waals surface area contributed by atoms with Gasteiger partial charge in [-0.2, -0.15) is 6.08 Å². The first-order chi connectivity index (χ1) is 3.41. The molecule has 0 radical (unpaired) electrons. The van der Waals surface area contributed by atoms with Crippen LogP contribution in [0.25, 0.3) is 0 Å². The van der Waals surface area contributed by atoms with Gasteiger partial charge < -0.3 is 21.7 Å². The molecule has 0 saturated heterocycles. The molecule has 0 spiro atoms. The summed E-state index contributed by atoms with van der Waals surface area (Å²) in [6, 6.07) is 0. The number of rotatable bonds is 3. The number of hydrogen-bond donors (Lipinski definition) is 0. The van der Waals surface area contributed by atoms with Crippen LogP contribution in [0.5, 0.6) is 0 Å². The predicted molar refractivity (Wildman–Crippen MR) is 35.4 cm³/mol. The first kappa shape index (κ1) is 16.3. The quantitative estimate of drug-likeness (QED) is 0.225. The summed E-state index contributed by atoms with van der Waals surface area (Å²) < 4.78 is 4.78. The summed E-state index contributed by atoms with van der Waals surface area (Å²) in [7, 11) is 0. The number of allylic oxidation sites excluding steroid dienone is 2. The number of hydrogen-bond acceptors (Lipinski definition) is 1. The van der Waals surface area contributed by atoms with Gasteiger partial charge >= 0.3 is 23.1 Å². The summed E-state index contributed by atoms with van der Waals surface area (Å²) in [6.45, 7) is 7.59. The van der Waals surface area contributed by atoms with E-state index in [2.05, 4.69) is 0 Å². The largest absolute Gasteiger partial charge is 2.00 e. The first-order valence-electron chi connectivity index (χ1n) is 2.23. The molecule has 0 aromatic rings. The summed E-state index contributed by atoms with van der Waals surface area (Å²) >= 11 is 0. The van der Waals surface area contributed by atoms with E-state index in [0.29, 0.717) is 6.61 Å². The Kier molecular flexibility index (Phi) is 28.6. The zero-order valence-corrected chi connectivity index (χ0v) is 8.51. The third-order valence-electron chi connectivity index (χ3n) is 0.453. The van der Waals surface area contributed by atoms with Crippen LogP contribution in [0.15, 0.2) is 18.4 Å². The minimum absolute atomic E-state index is 0. The molecule has 0 aromatic carbocycles. The summed E-state index contributed by atoms with van der Waals surface area (Å²) in [5.41, 5.74) is 0. The van der Waals surface area contributed by atoms with Crippen LogP contribution in [0.1, 0.15) is 6.92 Å². The number of ether oxygens (including phenoxy) is 1. The van der Waals surface area contributed by atoms with Crippen LogP contribution in [-0.4, -0.2) is 29.7 Å². The average Bonchev–Trinajstić information content (AvgIpc) is 1.69. The second-order valence-electron chi connectivity index (χ2n) is 0.976. The topological polar surface area (TPSA) is 9.23 Å². The molecule has 0 fully saturated rings. The molecule has 0 rings (SSSR count). The van der Waals surface area contributed by atoms with Crippen LogP contribution >= 0.6 is 0 Å². The molecular weight excluding hydrogens is 192 g/mol. The maximum absolute atomic E-state index is 4.98. The Bertz CT molecular complexity index is 73.5. The fourth-order valence-electron chi connectivity index (χ4n) is 0.197. The predicted octanol–water partition coefficient (Wildman–Crippen LogP) is -1.85. The molecule has 48 valence electrons. The first-order valence-corrected chi connectivity index (χ1v) is 2.23. The number of halogens is 1. The SMILES string of the molecule is [Br-].[CH-]=C/C=C/OCC.[Mg+2]. The summed E-state index contributed by atoms with van der Waals surface area (Å²) in [4.78, 5) is 0. The zero-order valence-electron chi connectivity index (χ0n) is 5.51. The fourth-order valence-corrected chi connectivity index (χ4v) is 0.197. The van der Waals surface area contributed by atoms with Gasteiger partial charge in [-0.15, -0.1) is 0 Å². The molecule has 0 unspecified atom stereocenters. The Balaban J connectivity index is -0.000000180. The Morgan fingerprint density at radius 2 is 2.11 bits per heavy atom. The van der Waals surface area contributed by atoms with E-state index in [-0.39, 0.29) is 40.0 Å². The molecule has 0 aliphatic heterocycles. The van der Waals surface area contributed by atoms with Crippen LogP contribution in [0.4, 0.5) is 0 Å². The summed E-state index contributed by atoms with van der Waals surface area (Å²) in [6.07, 6.45) is 4.62. The van der Waals surface area contributed by atoms with Crippen molar-refractivity contribution >= 4 is 23.1 Å². The Labute approximate surface area is 83.1 Å². The van der Waals surface area contributed by atoms with Crippen molar-refractivity contribution in [2.75, 3.05) is 6.61 Å². The summed E-state index contributed by atoms with van der Waals surface area (Å²) in [5.74, 6) is 0. The van der Waals surface area contributed by atoms with Crippen molar-refractivity contribution in [2.45, 2.75) is 6.92 Å². The molecule has 0 atom stereocenters. The van der Waals surface area contributed by atoms with Gasteiger partial charge in [0.2, 0.25) is 0 Å². The van der Waals surface area contributed by atoms with Crippen molar-refractivity contribution < 1.29 is 21.7 Å². The molecular formula is C6H9BrMgO. The monoisotopic (exact) mass is 200 g/mol. The van der Waals surface area contributed by atoms with E-state index in [4.69, 9.17) is 11.3 Å². The minimum atomic E-state index is 0. The van der Waals surface area contributed by atoms with Gasteiger partial charge in [-0.25, -0.2) is 6.08 Å². The van der Waals surface area contributed by atoms with Gasteiger partial charge in [-0.05, 0) is 6.92 Å². The van der Waals surface area contributed by atoms with Crippen molar-refractivity contribution in [1.82, 2.24) is 0 Å². The Morgan fingerprint density at radius 1 is 1.56 bits per heavy atom. The fraction of sp³-hybridized carbons (Fsp3) is 0.333. The maximum atomic E-state index is 4.98. The van der Waals surface area contributed by atoms with E-state index in [9.17, 15) is 0 Å². The van der Waals surface area contributed by atoms with Crippen LogP contribution in [0, 0.1) is 6.58 Å². The van der Waals surface area contributed by atoms with E-state index in [1.54, 1.807) is 12.3 Å². The van der Waals surface area contributed by atoms with E-state index in [1.807, 2.05) is 6.92 Å². The van der Waals surface area contributed by atoms with E-state index < -0.39 is 0 Å². The van der Waals surface area contributed by atoms with Gasteiger partial charge in [0, 0.05) is 6.26 Å². The molecule has 0 N–H and O–H groups in total. The van der Waals surface area contributed by atoms with E-state index >= 15 is 0 Å². The van der Waals surface area contributed by atoms with Crippen LogP contribution in [0.2, 0.25) is 0 Å². The third-order valence-corrected chi connectivity index (χ3v) is 0.453. The van der Waals surface area contributed by atoms with Crippen molar-refractivity contribution in [3.63, 3.8) is 0 Å². The molecule has 0 bridgehead atoms. The van der Waals surface area contributed by atoms with Crippen molar-refractivity contribution in [3.8, 4) is 0 Å². The Morgan fingerprint density at radius 3 is 2.44 bits per heavy atom.